The highest BCUT2D eigenvalue weighted by Gasteiger charge is 2.38. The minimum atomic E-state index is -0.0228. The monoisotopic (exact) mass is 290 g/mol. The van der Waals surface area contributed by atoms with E-state index in [1.54, 1.807) is 0 Å². The maximum atomic E-state index is 4.09. The minimum absolute atomic E-state index is 0.0228. The molecule has 0 bridgehead atoms. The number of fused-ring (bicyclic) bond motifs is 1. The third-order valence-electron chi connectivity index (χ3n) is 4.38. The lowest BCUT2D eigenvalue weighted by molar-refractivity contribution is 0.659. The highest BCUT2D eigenvalue weighted by atomic mass is 14.4. The van der Waals surface area contributed by atoms with Crippen LogP contribution in [0.15, 0.2) is 72.9 Å². The molecule has 0 fully saturated rings. The van der Waals surface area contributed by atoms with Gasteiger partial charge in [-0.2, -0.15) is 0 Å². The van der Waals surface area contributed by atoms with Crippen molar-refractivity contribution in [2.75, 3.05) is 0 Å². The lowest BCUT2D eigenvalue weighted by Crippen LogP contribution is -2.15. The SMILES string of the molecule is C=CC/C(C=C)=C1\C(=C/C(=C)C)C(C)(C)c2cc(C)ccc21. The predicted molar refractivity (Wildman–Crippen MR) is 99.0 cm³/mol. The van der Waals surface area contributed by atoms with E-state index in [-0.39, 0.29) is 5.41 Å². The molecule has 1 aromatic rings. The van der Waals surface area contributed by atoms with E-state index in [1.165, 1.54) is 33.4 Å². The standard InChI is InChI=1S/C22H26/c1-8-10-17(9-2)21-18-12-11-16(5)14-19(18)22(6,7)20(21)13-15(3)4/h8-9,11-14H,1-3,10H2,4-7H3/b20-13+,21-17-. The van der Waals surface area contributed by atoms with Gasteiger partial charge in [0.2, 0.25) is 0 Å². The van der Waals surface area contributed by atoms with Crippen LogP contribution in [-0.4, -0.2) is 0 Å². The molecule has 0 N–H and O–H groups in total. The first-order valence-electron chi connectivity index (χ1n) is 7.79. The van der Waals surface area contributed by atoms with Crippen molar-refractivity contribution in [3.05, 3.63) is 89.6 Å². The van der Waals surface area contributed by atoms with Gasteiger partial charge in [-0.15, -0.1) is 6.58 Å². The molecule has 0 heteroatoms. The highest BCUT2D eigenvalue weighted by Crippen LogP contribution is 2.51. The molecule has 0 radical (unpaired) electrons. The van der Waals surface area contributed by atoms with Gasteiger partial charge in [0, 0.05) is 5.41 Å². The van der Waals surface area contributed by atoms with Crippen LogP contribution in [0.2, 0.25) is 0 Å². The zero-order valence-electron chi connectivity index (χ0n) is 14.3. The van der Waals surface area contributed by atoms with Crippen LogP contribution in [0.3, 0.4) is 0 Å². The summed E-state index contributed by atoms with van der Waals surface area (Å²) in [5, 5.41) is 0. The summed E-state index contributed by atoms with van der Waals surface area (Å²) >= 11 is 0. The first kappa shape index (κ1) is 16.3. The van der Waals surface area contributed by atoms with Gasteiger partial charge in [-0.25, -0.2) is 0 Å². The molecular formula is C22H26. The van der Waals surface area contributed by atoms with E-state index in [0.29, 0.717) is 0 Å². The fourth-order valence-corrected chi connectivity index (χ4v) is 3.28. The fourth-order valence-electron chi connectivity index (χ4n) is 3.28. The van der Waals surface area contributed by atoms with Crippen LogP contribution in [0.25, 0.3) is 5.57 Å². The number of allylic oxidation sites excluding steroid dienone is 7. The van der Waals surface area contributed by atoms with Crippen LogP contribution in [0.1, 0.15) is 43.9 Å². The molecule has 1 aliphatic rings. The number of benzene rings is 1. The Kier molecular flexibility index (Phi) is 4.42. The molecule has 0 aromatic heterocycles. The second-order valence-corrected chi connectivity index (χ2v) is 6.68. The summed E-state index contributed by atoms with van der Waals surface area (Å²) in [6.45, 7) is 20.8. The van der Waals surface area contributed by atoms with Crippen molar-refractivity contribution in [3.63, 3.8) is 0 Å². The Balaban J connectivity index is 2.87. The average Bonchev–Trinajstić information content (AvgIpc) is 2.65. The lowest BCUT2D eigenvalue weighted by Gasteiger charge is -2.23. The maximum Gasteiger partial charge on any atom is 0.0159 e. The molecule has 1 aliphatic carbocycles. The third-order valence-corrected chi connectivity index (χ3v) is 4.38. The van der Waals surface area contributed by atoms with Crippen LogP contribution >= 0.6 is 0 Å². The average molecular weight is 290 g/mol. The maximum absolute atomic E-state index is 4.09. The summed E-state index contributed by atoms with van der Waals surface area (Å²) in [5.41, 5.74) is 8.93. The normalized spacial score (nSPS) is 19.7. The van der Waals surface area contributed by atoms with Gasteiger partial charge in [0.1, 0.15) is 0 Å². The molecule has 2 rings (SSSR count). The van der Waals surface area contributed by atoms with E-state index in [2.05, 4.69) is 71.7 Å². The summed E-state index contributed by atoms with van der Waals surface area (Å²) in [4.78, 5) is 0. The van der Waals surface area contributed by atoms with Gasteiger partial charge >= 0.3 is 0 Å². The van der Waals surface area contributed by atoms with Crippen molar-refractivity contribution in [1.29, 1.82) is 0 Å². The molecule has 114 valence electrons. The second kappa shape index (κ2) is 5.96. The van der Waals surface area contributed by atoms with Gasteiger partial charge in [0.15, 0.2) is 0 Å². The molecule has 0 saturated heterocycles. The van der Waals surface area contributed by atoms with E-state index in [1.807, 2.05) is 12.2 Å². The molecule has 0 heterocycles. The topological polar surface area (TPSA) is 0 Å². The number of hydrogen-bond donors (Lipinski definition) is 0. The summed E-state index contributed by atoms with van der Waals surface area (Å²) in [6, 6.07) is 6.74. The van der Waals surface area contributed by atoms with Crippen molar-refractivity contribution >= 4 is 5.57 Å². The molecule has 0 saturated carbocycles. The van der Waals surface area contributed by atoms with Gasteiger partial charge in [-0.05, 0) is 48.1 Å². The minimum Gasteiger partial charge on any atom is -0.103 e. The Morgan fingerprint density at radius 2 is 1.91 bits per heavy atom. The van der Waals surface area contributed by atoms with Crippen molar-refractivity contribution in [2.24, 2.45) is 0 Å². The third kappa shape index (κ3) is 2.66. The Morgan fingerprint density at radius 3 is 2.45 bits per heavy atom. The molecule has 0 spiro atoms. The van der Waals surface area contributed by atoms with Crippen LogP contribution < -0.4 is 0 Å². The second-order valence-electron chi connectivity index (χ2n) is 6.68. The van der Waals surface area contributed by atoms with E-state index < -0.39 is 0 Å². The number of hydrogen-bond acceptors (Lipinski definition) is 0. The first-order chi connectivity index (χ1) is 10.3. The van der Waals surface area contributed by atoms with E-state index >= 15 is 0 Å². The zero-order chi connectivity index (χ0) is 16.5. The van der Waals surface area contributed by atoms with Crippen molar-refractivity contribution in [3.8, 4) is 0 Å². The number of rotatable bonds is 4. The van der Waals surface area contributed by atoms with Gasteiger partial charge < -0.3 is 0 Å². The molecule has 1 aromatic carbocycles. The summed E-state index contributed by atoms with van der Waals surface area (Å²) in [7, 11) is 0. The van der Waals surface area contributed by atoms with E-state index in [9.17, 15) is 0 Å². The smallest absolute Gasteiger partial charge is 0.0159 e. The Bertz CT molecular complexity index is 706. The fraction of sp³-hybridized carbons (Fsp3) is 0.273. The molecule has 0 nitrogen and oxygen atoms in total. The lowest BCUT2D eigenvalue weighted by atomic mass is 9.80. The summed E-state index contributed by atoms with van der Waals surface area (Å²) < 4.78 is 0. The van der Waals surface area contributed by atoms with Crippen LogP contribution in [0.4, 0.5) is 0 Å². The largest absolute Gasteiger partial charge is 0.103 e. The van der Waals surface area contributed by atoms with Crippen LogP contribution in [0, 0.1) is 6.92 Å². The molecule has 0 unspecified atom stereocenters. The van der Waals surface area contributed by atoms with Gasteiger partial charge in [0.05, 0.1) is 0 Å². The van der Waals surface area contributed by atoms with Gasteiger partial charge in [-0.3, -0.25) is 0 Å². The van der Waals surface area contributed by atoms with Crippen molar-refractivity contribution < 1.29 is 0 Å². The quantitative estimate of drug-likeness (QED) is 0.570. The summed E-state index contributed by atoms with van der Waals surface area (Å²) in [5.74, 6) is 0. The van der Waals surface area contributed by atoms with Crippen LogP contribution in [0.5, 0.6) is 0 Å². The molecule has 0 amide bonds. The van der Waals surface area contributed by atoms with E-state index in [0.717, 1.165) is 12.0 Å². The van der Waals surface area contributed by atoms with Crippen LogP contribution in [-0.2, 0) is 5.41 Å². The van der Waals surface area contributed by atoms with Gasteiger partial charge in [0.25, 0.3) is 0 Å². The van der Waals surface area contributed by atoms with Crippen molar-refractivity contribution in [2.45, 2.75) is 39.5 Å². The number of aryl methyl sites for hydroxylation is 1. The van der Waals surface area contributed by atoms with E-state index in [4.69, 9.17) is 0 Å². The van der Waals surface area contributed by atoms with Gasteiger partial charge in [-0.1, -0.05) is 74.6 Å². The zero-order valence-corrected chi connectivity index (χ0v) is 14.3. The first-order valence-corrected chi connectivity index (χ1v) is 7.79. The Labute approximate surface area is 135 Å². The molecular weight excluding hydrogens is 264 g/mol. The molecule has 0 aliphatic heterocycles. The van der Waals surface area contributed by atoms with Crippen molar-refractivity contribution in [1.82, 2.24) is 0 Å². The Hall–Kier alpha value is -2.08. The predicted octanol–water partition coefficient (Wildman–Crippen LogP) is 6.30. The molecule has 22 heavy (non-hydrogen) atoms. The highest BCUT2D eigenvalue weighted by molar-refractivity contribution is 5.93. The summed E-state index contributed by atoms with van der Waals surface area (Å²) in [6.07, 6.45) is 6.96. The molecule has 0 atom stereocenters. The Morgan fingerprint density at radius 1 is 1.23 bits per heavy atom.